The van der Waals surface area contributed by atoms with E-state index in [9.17, 15) is 14.7 Å². The van der Waals surface area contributed by atoms with Crippen molar-refractivity contribution in [3.63, 3.8) is 0 Å². The molecule has 3 aliphatic rings. The van der Waals surface area contributed by atoms with E-state index in [0.29, 0.717) is 35.7 Å². The monoisotopic (exact) mass is 514 g/mol. The second-order valence-corrected chi connectivity index (χ2v) is 9.46. The third kappa shape index (κ3) is 4.43. The van der Waals surface area contributed by atoms with Crippen molar-refractivity contribution in [2.45, 2.75) is 12.0 Å². The van der Waals surface area contributed by atoms with Gasteiger partial charge in [-0.1, -0.05) is 0 Å². The van der Waals surface area contributed by atoms with Crippen LogP contribution in [0.25, 0.3) is 0 Å². The molecule has 1 amide bonds. The molecule has 11 heteroatoms. The van der Waals surface area contributed by atoms with Crippen molar-refractivity contribution in [3.8, 4) is 28.7 Å². The van der Waals surface area contributed by atoms with Gasteiger partial charge in [-0.15, -0.1) is 0 Å². The number of aromatic hydroxyl groups is 1. The summed E-state index contributed by atoms with van der Waals surface area (Å²) in [5, 5.41) is 13.2. The summed E-state index contributed by atoms with van der Waals surface area (Å²) in [6, 6.07) is 6.97. The van der Waals surface area contributed by atoms with Gasteiger partial charge in [0.15, 0.2) is 23.0 Å². The highest BCUT2D eigenvalue weighted by Gasteiger charge is 2.54. The van der Waals surface area contributed by atoms with Gasteiger partial charge in [0.2, 0.25) is 12.5 Å². The van der Waals surface area contributed by atoms with Crippen LogP contribution in [-0.4, -0.2) is 76.9 Å². The highest BCUT2D eigenvalue weighted by molar-refractivity contribution is 5.79. The first-order valence-corrected chi connectivity index (χ1v) is 12.0. The molecule has 2 N–H and O–H groups in total. The van der Waals surface area contributed by atoms with Crippen molar-refractivity contribution in [1.29, 1.82) is 0 Å². The predicted octanol–water partition coefficient (Wildman–Crippen LogP) is 2.40. The zero-order chi connectivity index (χ0) is 26.3. The summed E-state index contributed by atoms with van der Waals surface area (Å²) in [5.74, 6) is -0.685. The van der Waals surface area contributed by atoms with Crippen LogP contribution in [0, 0.1) is 11.8 Å². The molecule has 2 aromatic rings. The number of cyclic esters (lactones) is 1. The van der Waals surface area contributed by atoms with E-state index in [1.165, 1.54) is 14.2 Å². The largest absolute Gasteiger partial charge is 0.502 e. The zero-order valence-electron chi connectivity index (χ0n) is 21.1. The molecule has 0 spiro atoms. The lowest BCUT2D eigenvalue weighted by Gasteiger charge is -2.38. The van der Waals surface area contributed by atoms with Gasteiger partial charge in [-0.3, -0.25) is 4.79 Å². The smallest absolute Gasteiger partial charge is 0.407 e. The normalized spacial score (nSPS) is 23.2. The maximum Gasteiger partial charge on any atom is 0.407 e. The summed E-state index contributed by atoms with van der Waals surface area (Å²) < 4.78 is 33.4. The average molecular weight is 515 g/mol. The number of likely N-dealkylation sites (N-methyl/N-ethyl adjacent to an activating group) is 1. The van der Waals surface area contributed by atoms with Gasteiger partial charge in [0.25, 0.3) is 0 Å². The van der Waals surface area contributed by atoms with E-state index in [2.05, 4.69) is 5.32 Å². The number of fused-ring (bicyclic) bond motifs is 3. The van der Waals surface area contributed by atoms with Gasteiger partial charge < -0.3 is 43.7 Å². The highest BCUT2D eigenvalue weighted by Crippen LogP contribution is 2.56. The Kier molecular flexibility index (Phi) is 6.63. The van der Waals surface area contributed by atoms with E-state index >= 15 is 0 Å². The number of ether oxygens (including phenoxy) is 6. The van der Waals surface area contributed by atoms with Crippen molar-refractivity contribution in [2.75, 3.05) is 54.8 Å². The molecule has 2 heterocycles. The summed E-state index contributed by atoms with van der Waals surface area (Å²) in [7, 11) is 6.70. The van der Waals surface area contributed by atoms with Crippen molar-refractivity contribution in [3.05, 3.63) is 41.0 Å². The van der Waals surface area contributed by atoms with Crippen LogP contribution >= 0.6 is 0 Å². The fourth-order valence-electron chi connectivity index (χ4n) is 5.29. The standard InChI is InChI=1S/C26H30N2O9/c1-28(2)6-5-27-26(31)37-24-15-10-18-17(35-12-36-18)9-14(15)21(22-16(24)11-34-25(22)30)13-7-19(32-3)23(29)20(8-13)33-4/h7-10,16,21-22,24,29H,5-6,11-12H2,1-4H3,(H,27,31)/t16-,21-,22-,24-/m1/s1. The number of carbonyl (C=O) groups is 2. The quantitative estimate of drug-likeness (QED) is 0.532. The Morgan fingerprint density at radius 2 is 1.70 bits per heavy atom. The molecule has 1 saturated heterocycles. The number of phenolic OH excluding ortho intramolecular Hbond substituents is 1. The molecule has 37 heavy (non-hydrogen) atoms. The minimum Gasteiger partial charge on any atom is -0.502 e. The van der Waals surface area contributed by atoms with Gasteiger partial charge in [-0.25, -0.2) is 4.79 Å². The molecule has 4 atom stereocenters. The third-order valence-corrected chi connectivity index (χ3v) is 7.04. The number of amides is 1. The van der Waals surface area contributed by atoms with Crippen molar-refractivity contribution in [1.82, 2.24) is 10.2 Å². The number of alkyl carbamates (subject to hydrolysis) is 1. The Morgan fingerprint density at radius 3 is 2.32 bits per heavy atom. The lowest BCUT2D eigenvalue weighted by Crippen LogP contribution is -2.39. The average Bonchev–Trinajstić information content (AvgIpc) is 3.49. The van der Waals surface area contributed by atoms with Crippen LogP contribution in [0.5, 0.6) is 28.7 Å². The van der Waals surface area contributed by atoms with Crippen LogP contribution in [0.4, 0.5) is 4.79 Å². The second-order valence-electron chi connectivity index (χ2n) is 9.46. The highest BCUT2D eigenvalue weighted by atomic mass is 16.7. The van der Waals surface area contributed by atoms with Gasteiger partial charge in [0, 0.05) is 30.5 Å². The summed E-state index contributed by atoms with van der Waals surface area (Å²) in [4.78, 5) is 27.9. The maximum absolute atomic E-state index is 13.1. The number of phenols is 1. The Balaban J connectivity index is 1.61. The number of esters is 1. The molecule has 0 unspecified atom stereocenters. The molecule has 5 rings (SSSR count). The molecular weight excluding hydrogens is 484 g/mol. The fraction of sp³-hybridized carbons (Fsp3) is 0.462. The van der Waals surface area contributed by atoms with E-state index in [1.807, 2.05) is 25.1 Å². The molecule has 1 fully saturated rings. The molecule has 11 nitrogen and oxygen atoms in total. The number of nitrogens with one attached hydrogen (secondary N) is 1. The fourth-order valence-corrected chi connectivity index (χ4v) is 5.29. The Bertz CT molecular complexity index is 1190. The maximum atomic E-state index is 13.1. The molecule has 198 valence electrons. The lowest BCUT2D eigenvalue weighted by molar-refractivity contribution is -0.141. The number of methoxy groups -OCH3 is 2. The minimum absolute atomic E-state index is 0.0647. The van der Waals surface area contributed by atoms with E-state index < -0.39 is 35.9 Å². The van der Waals surface area contributed by atoms with Crippen LogP contribution in [-0.2, 0) is 14.3 Å². The molecule has 0 aromatic heterocycles. The van der Waals surface area contributed by atoms with Crippen molar-refractivity contribution < 1.29 is 43.1 Å². The summed E-state index contributed by atoms with van der Waals surface area (Å²) in [5.41, 5.74) is 2.10. The molecule has 2 aromatic carbocycles. The van der Waals surface area contributed by atoms with Crippen molar-refractivity contribution in [2.24, 2.45) is 11.8 Å². The van der Waals surface area contributed by atoms with Gasteiger partial charge in [0.1, 0.15) is 6.10 Å². The van der Waals surface area contributed by atoms with E-state index in [-0.39, 0.29) is 30.6 Å². The van der Waals surface area contributed by atoms with Crippen LogP contribution in [0.3, 0.4) is 0 Å². The van der Waals surface area contributed by atoms with E-state index in [0.717, 1.165) is 5.56 Å². The Labute approximate surface area is 214 Å². The first-order valence-electron chi connectivity index (χ1n) is 12.0. The Morgan fingerprint density at radius 1 is 1.05 bits per heavy atom. The lowest BCUT2D eigenvalue weighted by atomic mass is 9.66. The van der Waals surface area contributed by atoms with Gasteiger partial charge in [-0.05, 0) is 49.5 Å². The van der Waals surface area contributed by atoms with Gasteiger partial charge >= 0.3 is 12.1 Å². The molecule has 2 aliphatic heterocycles. The molecule has 0 bridgehead atoms. The third-order valence-electron chi connectivity index (χ3n) is 7.04. The first kappa shape index (κ1) is 24.8. The summed E-state index contributed by atoms with van der Waals surface area (Å²) >= 11 is 0. The SMILES string of the molecule is COc1cc([C@@H]2c3cc4c(cc3[C@@H](OC(=O)NCCN(C)C)[C@@H]3COC(=O)[C@@H]23)OCO4)cc(OC)c1O. The van der Waals surface area contributed by atoms with Gasteiger partial charge in [0.05, 0.1) is 26.7 Å². The topological polar surface area (TPSA) is 125 Å². The van der Waals surface area contributed by atoms with E-state index in [4.69, 9.17) is 28.4 Å². The first-order chi connectivity index (χ1) is 17.8. The van der Waals surface area contributed by atoms with Crippen molar-refractivity contribution >= 4 is 12.1 Å². The molecule has 0 radical (unpaired) electrons. The number of rotatable bonds is 7. The minimum atomic E-state index is -0.752. The molecule has 0 saturated carbocycles. The predicted molar refractivity (Wildman–Crippen MR) is 129 cm³/mol. The zero-order valence-corrected chi connectivity index (χ0v) is 21.1. The summed E-state index contributed by atoms with van der Waals surface area (Å²) in [6.07, 6.45) is -1.34. The number of nitrogens with zero attached hydrogens (tertiary/aromatic N) is 1. The summed E-state index contributed by atoms with van der Waals surface area (Å²) in [6.45, 7) is 1.21. The number of carbonyl (C=O) groups excluding carboxylic acids is 2. The van der Waals surface area contributed by atoms with Crippen LogP contribution in [0.2, 0.25) is 0 Å². The Hall–Kier alpha value is -3.86. The van der Waals surface area contributed by atoms with Crippen LogP contribution in [0.1, 0.15) is 28.7 Å². The van der Waals surface area contributed by atoms with Crippen LogP contribution in [0.15, 0.2) is 24.3 Å². The molecule has 1 aliphatic carbocycles. The van der Waals surface area contributed by atoms with Crippen LogP contribution < -0.4 is 24.3 Å². The molecular formula is C26H30N2O9. The number of hydrogen-bond acceptors (Lipinski definition) is 10. The van der Waals surface area contributed by atoms with E-state index in [1.54, 1.807) is 18.2 Å². The van der Waals surface area contributed by atoms with Gasteiger partial charge in [-0.2, -0.15) is 0 Å². The number of benzene rings is 2. The second kappa shape index (κ2) is 9.89. The number of hydrogen-bond donors (Lipinski definition) is 2.